The minimum Gasteiger partial charge on any atom is -0.394 e. The highest BCUT2D eigenvalue weighted by Gasteiger charge is 2.43. The molecule has 25 heavy (non-hydrogen) atoms. The van der Waals surface area contributed by atoms with Gasteiger partial charge in [-0.1, -0.05) is 23.4 Å². The van der Waals surface area contributed by atoms with Crippen molar-refractivity contribution in [1.29, 1.82) is 0 Å². The van der Waals surface area contributed by atoms with Crippen LogP contribution in [0.3, 0.4) is 0 Å². The molecule has 138 valence electrons. The van der Waals surface area contributed by atoms with Gasteiger partial charge in [-0.25, -0.2) is 4.98 Å². The Kier molecular flexibility index (Phi) is 5.84. The number of nitrogens with two attached hydrogens (primary N) is 1. The van der Waals surface area contributed by atoms with Crippen molar-refractivity contribution in [2.75, 3.05) is 19.7 Å². The minimum atomic E-state index is -1.19. The number of aromatic nitrogens is 1. The fraction of sp³-hybridized carbons (Fsp3) is 0.600. The molecular weight excluding hydrogens is 370 g/mol. The summed E-state index contributed by atoms with van der Waals surface area (Å²) in [5.41, 5.74) is 5.17. The molecule has 2 saturated heterocycles. The van der Waals surface area contributed by atoms with E-state index in [9.17, 15) is 20.1 Å². The molecule has 2 aliphatic rings. The molecule has 10 heteroatoms. The van der Waals surface area contributed by atoms with Gasteiger partial charge in [0.05, 0.1) is 17.7 Å². The van der Waals surface area contributed by atoms with E-state index in [1.807, 2.05) is 0 Å². The molecule has 0 radical (unpaired) electrons. The number of aliphatic hydroxyl groups is 3. The predicted molar refractivity (Wildman–Crippen MR) is 91.4 cm³/mol. The Morgan fingerprint density at radius 3 is 2.76 bits per heavy atom. The first kappa shape index (κ1) is 18.8. The van der Waals surface area contributed by atoms with E-state index < -0.39 is 36.4 Å². The van der Waals surface area contributed by atoms with Crippen LogP contribution in [0.1, 0.15) is 16.9 Å². The zero-order valence-corrected chi connectivity index (χ0v) is 14.9. The van der Waals surface area contributed by atoms with Crippen LogP contribution in [-0.4, -0.2) is 80.6 Å². The van der Waals surface area contributed by atoms with E-state index in [1.54, 1.807) is 11.0 Å². The van der Waals surface area contributed by atoms with E-state index in [2.05, 4.69) is 4.98 Å². The normalized spacial score (nSPS) is 32.4. The summed E-state index contributed by atoms with van der Waals surface area (Å²) in [5, 5.41) is 29.9. The first-order chi connectivity index (χ1) is 11.9. The Hall–Kier alpha value is -0.940. The van der Waals surface area contributed by atoms with Crippen LogP contribution in [0, 0.1) is 0 Å². The highest BCUT2D eigenvalue weighted by Crippen LogP contribution is 2.35. The van der Waals surface area contributed by atoms with Crippen LogP contribution in [-0.2, 0) is 4.74 Å². The van der Waals surface area contributed by atoms with Crippen LogP contribution in [0.25, 0.3) is 0 Å². The minimum absolute atomic E-state index is 0.209. The maximum absolute atomic E-state index is 12.5. The van der Waals surface area contributed by atoms with Crippen molar-refractivity contribution in [2.24, 2.45) is 5.73 Å². The number of hydrogen-bond acceptors (Lipinski definition) is 8. The Morgan fingerprint density at radius 2 is 2.16 bits per heavy atom. The highest BCUT2D eigenvalue weighted by molar-refractivity contribution is 8.00. The van der Waals surface area contributed by atoms with Gasteiger partial charge in [0.2, 0.25) is 0 Å². The second kappa shape index (κ2) is 7.75. The molecule has 5 N–H and O–H groups in total. The molecule has 1 amide bonds. The maximum atomic E-state index is 12.5. The number of aliphatic hydroxyl groups excluding tert-OH is 3. The lowest BCUT2D eigenvalue weighted by Crippen LogP contribution is -2.61. The van der Waals surface area contributed by atoms with Crippen molar-refractivity contribution in [3.05, 3.63) is 23.0 Å². The number of hydrogen-bond donors (Lipinski definition) is 4. The summed E-state index contributed by atoms with van der Waals surface area (Å²) in [5.74, 6) is -0.209. The lowest BCUT2D eigenvalue weighted by Gasteiger charge is -2.40. The number of nitrogens with zero attached hydrogens (tertiary/aromatic N) is 2. The third kappa shape index (κ3) is 3.77. The summed E-state index contributed by atoms with van der Waals surface area (Å²) in [6.07, 6.45) is -0.942. The Morgan fingerprint density at radius 1 is 1.44 bits per heavy atom. The van der Waals surface area contributed by atoms with E-state index >= 15 is 0 Å². The molecule has 0 saturated carbocycles. The molecule has 5 atom stereocenters. The van der Waals surface area contributed by atoms with E-state index in [0.717, 1.165) is 18.2 Å². The van der Waals surface area contributed by atoms with Crippen molar-refractivity contribution in [2.45, 2.75) is 41.1 Å². The van der Waals surface area contributed by atoms with Crippen LogP contribution in [0.15, 0.2) is 17.2 Å². The summed E-state index contributed by atoms with van der Waals surface area (Å²) in [6, 6.07) is 0.595. The zero-order valence-electron chi connectivity index (χ0n) is 13.3. The van der Waals surface area contributed by atoms with Gasteiger partial charge in [0.1, 0.15) is 29.4 Å². The van der Waals surface area contributed by atoms with Crippen molar-refractivity contribution >= 4 is 29.3 Å². The largest absolute Gasteiger partial charge is 0.394 e. The molecule has 0 aliphatic carbocycles. The molecule has 2 fully saturated rings. The Labute approximate surface area is 153 Å². The Balaban J connectivity index is 1.83. The second-order valence-electron chi connectivity index (χ2n) is 6.05. The molecule has 5 unspecified atom stereocenters. The molecule has 1 aromatic heterocycles. The molecule has 3 heterocycles. The molecule has 1 aromatic rings. The molecule has 8 nitrogen and oxygen atoms in total. The molecule has 0 spiro atoms. The predicted octanol–water partition coefficient (Wildman–Crippen LogP) is -0.561. The fourth-order valence-corrected chi connectivity index (χ4v) is 4.12. The number of carbonyl (C=O) groups excluding carboxylic acids is 1. The number of pyridine rings is 1. The van der Waals surface area contributed by atoms with Crippen LogP contribution in [0.4, 0.5) is 0 Å². The fourth-order valence-electron chi connectivity index (χ4n) is 2.68. The van der Waals surface area contributed by atoms with E-state index in [4.69, 9.17) is 22.1 Å². The number of amides is 1. The average molecular weight is 390 g/mol. The van der Waals surface area contributed by atoms with Crippen molar-refractivity contribution in [3.63, 3.8) is 0 Å². The standard InChI is InChI=1S/C15H20ClN3O5S/c16-7-4-9(11(18-5-7)14(23)19-2-1-3-19)25-15-13(22)10(17)12(21)8(6-20)24-15/h4-5,8,10,12-13,15,20-22H,1-3,6,17H2. The number of halogens is 1. The monoisotopic (exact) mass is 389 g/mol. The van der Waals surface area contributed by atoms with Crippen molar-refractivity contribution in [1.82, 2.24) is 9.88 Å². The van der Waals surface area contributed by atoms with E-state index in [1.165, 1.54) is 6.20 Å². The number of likely N-dealkylation sites (tertiary alicyclic amines) is 1. The van der Waals surface area contributed by atoms with Crippen LogP contribution >= 0.6 is 23.4 Å². The summed E-state index contributed by atoms with van der Waals surface area (Å²) in [6.45, 7) is 0.922. The third-order valence-corrected chi connectivity index (χ3v) is 5.74. The molecule has 0 aromatic carbocycles. The van der Waals surface area contributed by atoms with Crippen LogP contribution < -0.4 is 5.73 Å². The molecule has 0 bridgehead atoms. The highest BCUT2D eigenvalue weighted by atomic mass is 35.5. The van der Waals surface area contributed by atoms with Gasteiger partial charge in [0, 0.05) is 24.2 Å². The first-order valence-electron chi connectivity index (χ1n) is 7.92. The topological polar surface area (TPSA) is 129 Å². The van der Waals surface area contributed by atoms with E-state index in [-0.39, 0.29) is 11.6 Å². The number of ether oxygens (including phenoxy) is 1. The van der Waals surface area contributed by atoms with Gasteiger partial charge in [-0.3, -0.25) is 4.79 Å². The van der Waals surface area contributed by atoms with Crippen LogP contribution in [0.2, 0.25) is 5.02 Å². The quantitative estimate of drug-likeness (QED) is 0.539. The lowest BCUT2D eigenvalue weighted by atomic mass is 9.98. The summed E-state index contributed by atoms with van der Waals surface area (Å²) in [4.78, 5) is 18.8. The van der Waals surface area contributed by atoms with Gasteiger partial charge in [0.25, 0.3) is 5.91 Å². The summed E-state index contributed by atoms with van der Waals surface area (Å²) >= 11 is 7.05. The van der Waals surface area contributed by atoms with Crippen LogP contribution in [0.5, 0.6) is 0 Å². The summed E-state index contributed by atoms with van der Waals surface area (Å²) in [7, 11) is 0. The SMILES string of the molecule is NC1C(O)C(CO)OC(Sc2cc(Cl)cnc2C(=O)N2CCC2)C1O. The molecular formula is C15H20ClN3O5S. The average Bonchev–Trinajstić information content (AvgIpc) is 2.53. The Bertz CT molecular complexity index is 646. The van der Waals surface area contributed by atoms with E-state index in [0.29, 0.717) is 23.0 Å². The molecule has 3 rings (SSSR count). The second-order valence-corrected chi connectivity index (χ2v) is 7.62. The van der Waals surface area contributed by atoms with Crippen molar-refractivity contribution < 1.29 is 24.9 Å². The van der Waals surface area contributed by atoms with Crippen molar-refractivity contribution in [3.8, 4) is 0 Å². The first-order valence-corrected chi connectivity index (χ1v) is 9.17. The van der Waals surface area contributed by atoms with Gasteiger partial charge < -0.3 is 30.7 Å². The van der Waals surface area contributed by atoms with Gasteiger partial charge in [-0.15, -0.1) is 0 Å². The van der Waals surface area contributed by atoms with Gasteiger partial charge in [0.15, 0.2) is 0 Å². The molecule has 2 aliphatic heterocycles. The summed E-state index contributed by atoms with van der Waals surface area (Å²) < 4.78 is 5.55. The zero-order chi connectivity index (χ0) is 18.1. The van der Waals surface area contributed by atoms with Gasteiger partial charge in [-0.2, -0.15) is 0 Å². The number of rotatable bonds is 4. The number of carbonyl (C=O) groups is 1. The van der Waals surface area contributed by atoms with Gasteiger partial charge in [-0.05, 0) is 12.5 Å². The number of thioether (sulfide) groups is 1. The maximum Gasteiger partial charge on any atom is 0.273 e. The van der Waals surface area contributed by atoms with Gasteiger partial charge >= 0.3 is 0 Å². The third-order valence-electron chi connectivity index (χ3n) is 4.35. The smallest absolute Gasteiger partial charge is 0.273 e. The lowest BCUT2D eigenvalue weighted by molar-refractivity contribution is -0.160.